The quantitative estimate of drug-likeness (QED) is 0.820. The van der Waals surface area contributed by atoms with Crippen molar-refractivity contribution in [1.29, 1.82) is 0 Å². The van der Waals surface area contributed by atoms with Gasteiger partial charge < -0.3 is 11.1 Å². The molecule has 114 valence electrons. The molecule has 0 radical (unpaired) electrons. The number of hydrogen-bond acceptors (Lipinski definition) is 3. The average Bonchev–Trinajstić information content (AvgIpc) is 2.37. The molecule has 5 nitrogen and oxygen atoms in total. The number of benzene rings is 1. The summed E-state index contributed by atoms with van der Waals surface area (Å²) in [4.78, 5) is 25.0. The van der Waals surface area contributed by atoms with E-state index in [2.05, 4.69) is 5.32 Å². The van der Waals surface area contributed by atoms with Crippen LogP contribution < -0.4 is 16.0 Å². The van der Waals surface area contributed by atoms with Gasteiger partial charge in [0.15, 0.2) is 0 Å². The van der Waals surface area contributed by atoms with Crippen molar-refractivity contribution >= 4 is 23.3 Å². The Morgan fingerprint density at radius 1 is 1.14 bits per heavy atom. The Balaban J connectivity index is 2.95. The van der Waals surface area contributed by atoms with E-state index in [1.54, 1.807) is 30.5 Å². The minimum Gasteiger partial charge on any atom is -0.399 e. The van der Waals surface area contributed by atoms with Crippen LogP contribution in [0.4, 0.5) is 16.2 Å². The number of rotatable bonds is 2. The molecule has 0 unspecified atom stereocenters. The van der Waals surface area contributed by atoms with E-state index in [1.165, 1.54) is 6.92 Å². The van der Waals surface area contributed by atoms with Gasteiger partial charge in [0.25, 0.3) is 0 Å². The Labute approximate surface area is 125 Å². The van der Waals surface area contributed by atoms with Crippen molar-refractivity contribution in [1.82, 2.24) is 5.32 Å². The molecule has 0 aliphatic carbocycles. The van der Waals surface area contributed by atoms with Crippen molar-refractivity contribution in [2.45, 2.75) is 34.6 Å². The third-order valence-electron chi connectivity index (χ3n) is 3.26. The third kappa shape index (κ3) is 4.63. The second-order valence-corrected chi connectivity index (χ2v) is 5.97. The molecule has 0 aliphatic rings. The van der Waals surface area contributed by atoms with Crippen molar-refractivity contribution in [3.8, 4) is 0 Å². The first kappa shape index (κ1) is 16.8. The number of nitrogens with zero attached hydrogens (tertiary/aromatic N) is 1. The summed E-state index contributed by atoms with van der Waals surface area (Å²) in [7, 11) is 0. The number of carbonyl (C=O) groups is 2. The molecule has 1 rings (SSSR count). The Bertz CT molecular complexity index is 554. The van der Waals surface area contributed by atoms with E-state index in [1.807, 2.05) is 27.7 Å². The minimum absolute atomic E-state index is 0.0461. The van der Waals surface area contributed by atoms with Gasteiger partial charge in [-0.15, -0.1) is 0 Å². The van der Waals surface area contributed by atoms with Crippen LogP contribution in [0, 0.1) is 5.41 Å². The van der Waals surface area contributed by atoms with E-state index >= 15 is 0 Å². The summed E-state index contributed by atoms with van der Waals surface area (Å²) in [5.41, 5.74) is 7.63. The zero-order valence-corrected chi connectivity index (χ0v) is 13.2. The van der Waals surface area contributed by atoms with Crippen LogP contribution in [0.15, 0.2) is 36.0 Å². The van der Waals surface area contributed by atoms with Crippen LogP contribution >= 0.6 is 0 Å². The number of nitrogens with two attached hydrogens (primary N) is 1. The Morgan fingerprint density at radius 3 is 2.10 bits per heavy atom. The van der Waals surface area contributed by atoms with Gasteiger partial charge in [0, 0.05) is 18.8 Å². The van der Waals surface area contributed by atoms with E-state index in [9.17, 15) is 9.59 Å². The standard InChI is InChI=1S/C16H23N3O2/c1-11(16(3,4)5)10-18-15(21)19(12(2)20)14-8-6-13(17)7-9-14/h6-10H,17H2,1-5H3,(H,18,21)/b11-10+. The number of nitrogen functional groups attached to an aromatic ring is 1. The number of imide groups is 1. The van der Waals surface area contributed by atoms with Crippen LogP contribution in [0.3, 0.4) is 0 Å². The molecule has 3 amide bonds. The monoisotopic (exact) mass is 289 g/mol. The molecule has 0 aromatic heterocycles. The fourth-order valence-corrected chi connectivity index (χ4v) is 1.52. The largest absolute Gasteiger partial charge is 0.399 e. The van der Waals surface area contributed by atoms with Gasteiger partial charge in [-0.3, -0.25) is 4.79 Å². The van der Waals surface area contributed by atoms with Crippen molar-refractivity contribution in [2.24, 2.45) is 5.41 Å². The van der Waals surface area contributed by atoms with Gasteiger partial charge in [0.1, 0.15) is 0 Å². The maximum atomic E-state index is 12.2. The van der Waals surface area contributed by atoms with Gasteiger partial charge in [0.05, 0.1) is 5.69 Å². The Kier molecular flexibility index (Phi) is 5.13. The molecule has 3 N–H and O–H groups in total. The normalized spacial score (nSPS) is 12.0. The lowest BCUT2D eigenvalue weighted by Gasteiger charge is -2.22. The molecule has 21 heavy (non-hydrogen) atoms. The van der Waals surface area contributed by atoms with E-state index in [4.69, 9.17) is 5.73 Å². The predicted octanol–water partition coefficient (Wildman–Crippen LogP) is 3.28. The molecule has 5 heteroatoms. The molecular formula is C16H23N3O2. The molecule has 0 saturated heterocycles. The maximum Gasteiger partial charge on any atom is 0.332 e. The van der Waals surface area contributed by atoms with Gasteiger partial charge in [0.2, 0.25) is 5.91 Å². The van der Waals surface area contributed by atoms with Gasteiger partial charge >= 0.3 is 6.03 Å². The molecule has 0 saturated carbocycles. The van der Waals surface area contributed by atoms with Crippen molar-refractivity contribution < 1.29 is 9.59 Å². The van der Waals surface area contributed by atoms with Crippen molar-refractivity contribution in [2.75, 3.05) is 10.6 Å². The summed E-state index contributed by atoms with van der Waals surface area (Å²) in [5, 5.41) is 2.66. The van der Waals surface area contributed by atoms with Crippen LogP contribution in [0.2, 0.25) is 0 Å². The van der Waals surface area contributed by atoms with Gasteiger partial charge in [-0.05, 0) is 36.6 Å². The molecule has 0 bridgehead atoms. The molecule has 0 spiro atoms. The second-order valence-electron chi connectivity index (χ2n) is 5.97. The van der Waals surface area contributed by atoms with Crippen molar-refractivity contribution in [3.05, 3.63) is 36.0 Å². The summed E-state index contributed by atoms with van der Waals surface area (Å²) in [6.07, 6.45) is 1.63. The van der Waals surface area contributed by atoms with E-state index < -0.39 is 6.03 Å². The lowest BCUT2D eigenvalue weighted by molar-refractivity contribution is -0.115. The molecule has 0 aliphatic heterocycles. The lowest BCUT2D eigenvalue weighted by atomic mass is 9.88. The zero-order valence-electron chi connectivity index (χ0n) is 13.2. The fourth-order valence-electron chi connectivity index (χ4n) is 1.52. The highest BCUT2D eigenvalue weighted by atomic mass is 16.2. The van der Waals surface area contributed by atoms with Crippen LogP contribution in [0.5, 0.6) is 0 Å². The Morgan fingerprint density at radius 2 is 1.67 bits per heavy atom. The average molecular weight is 289 g/mol. The number of urea groups is 1. The van der Waals surface area contributed by atoms with Gasteiger partial charge in [-0.25, -0.2) is 9.69 Å². The number of amides is 3. The van der Waals surface area contributed by atoms with E-state index in [0.29, 0.717) is 11.4 Å². The molecule has 0 fully saturated rings. The molecule has 0 heterocycles. The van der Waals surface area contributed by atoms with Gasteiger partial charge in [-0.1, -0.05) is 26.3 Å². The van der Waals surface area contributed by atoms with Crippen LogP contribution in [0.25, 0.3) is 0 Å². The smallest absolute Gasteiger partial charge is 0.332 e. The number of anilines is 2. The van der Waals surface area contributed by atoms with E-state index in [-0.39, 0.29) is 11.3 Å². The molecular weight excluding hydrogens is 266 g/mol. The summed E-state index contributed by atoms with van der Waals surface area (Å²) < 4.78 is 0. The number of allylic oxidation sites excluding steroid dienone is 1. The number of carbonyl (C=O) groups excluding carboxylic acids is 2. The van der Waals surface area contributed by atoms with Crippen LogP contribution in [-0.2, 0) is 4.79 Å². The topological polar surface area (TPSA) is 75.4 Å². The molecule has 1 aromatic rings. The summed E-state index contributed by atoms with van der Waals surface area (Å²) in [5.74, 6) is -0.362. The first-order valence-corrected chi connectivity index (χ1v) is 6.77. The van der Waals surface area contributed by atoms with Crippen LogP contribution in [-0.4, -0.2) is 11.9 Å². The highest BCUT2D eigenvalue weighted by Gasteiger charge is 2.20. The first-order chi connectivity index (χ1) is 9.62. The SMILES string of the molecule is CC(=O)N(C(=O)N/C=C(\C)C(C)(C)C)c1ccc(N)cc1. The predicted molar refractivity (Wildman–Crippen MR) is 85.8 cm³/mol. The summed E-state index contributed by atoms with van der Waals surface area (Å²) in [6.45, 7) is 9.42. The third-order valence-corrected chi connectivity index (χ3v) is 3.26. The first-order valence-electron chi connectivity index (χ1n) is 6.77. The highest BCUT2D eigenvalue weighted by Crippen LogP contribution is 2.23. The molecule has 1 aromatic carbocycles. The summed E-state index contributed by atoms with van der Waals surface area (Å²) >= 11 is 0. The second kappa shape index (κ2) is 6.43. The molecule has 0 atom stereocenters. The van der Waals surface area contributed by atoms with Crippen LogP contribution in [0.1, 0.15) is 34.6 Å². The van der Waals surface area contributed by atoms with Crippen molar-refractivity contribution in [3.63, 3.8) is 0 Å². The highest BCUT2D eigenvalue weighted by molar-refractivity contribution is 6.13. The van der Waals surface area contributed by atoms with E-state index in [0.717, 1.165) is 10.5 Å². The zero-order chi connectivity index (χ0) is 16.2. The minimum atomic E-state index is -0.490. The fraction of sp³-hybridized carbons (Fsp3) is 0.375. The van der Waals surface area contributed by atoms with Gasteiger partial charge in [-0.2, -0.15) is 0 Å². The number of nitrogens with one attached hydrogen (secondary N) is 1. The Hall–Kier alpha value is -2.30. The maximum absolute atomic E-state index is 12.2. The lowest BCUT2D eigenvalue weighted by Crippen LogP contribution is -2.41. The number of hydrogen-bond donors (Lipinski definition) is 2. The summed E-state index contributed by atoms with van der Waals surface area (Å²) in [6, 6.07) is 6.08.